The van der Waals surface area contributed by atoms with E-state index < -0.39 is 17.4 Å². The maximum Gasteiger partial charge on any atom is 0.387 e. The Morgan fingerprint density at radius 1 is 1.39 bits per heavy atom. The second-order valence-electron chi connectivity index (χ2n) is 4.27. The van der Waals surface area contributed by atoms with E-state index in [9.17, 15) is 13.0 Å². The van der Waals surface area contributed by atoms with Crippen LogP contribution in [-0.4, -0.2) is 28.4 Å². The van der Waals surface area contributed by atoms with Crippen LogP contribution in [0.5, 0.6) is 5.75 Å². The number of nitrogens with one attached hydrogen (secondary N) is 1. The minimum absolute atomic E-state index is 0.0163. The topological polar surface area (TPSA) is 38.3 Å². The third-order valence-corrected chi connectivity index (χ3v) is 4.67. The van der Waals surface area contributed by atoms with Crippen LogP contribution in [0.2, 0.25) is 0 Å². The molecule has 0 spiro atoms. The monoisotopic (exact) mass is 275 g/mol. The van der Waals surface area contributed by atoms with Gasteiger partial charge in [-0.25, -0.2) is 0 Å². The van der Waals surface area contributed by atoms with Crippen LogP contribution >= 0.6 is 0 Å². The van der Waals surface area contributed by atoms with Crippen molar-refractivity contribution >= 4 is 10.8 Å². The molecule has 1 aliphatic rings. The number of alkyl halides is 2. The highest BCUT2D eigenvalue weighted by Crippen LogP contribution is 2.22. The standard InChI is InChI=1S/C12H15F2NO2S/c1-8-6-15-11(7-18(8)16)9-2-4-10(5-3-9)17-12(13)14/h2-5,8,11-12,15H,6-7H2,1H3. The van der Waals surface area contributed by atoms with Crippen LogP contribution in [0.25, 0.3) is 0 Å². The summed E-state index contributed by atoms with van der Waals surface area (Å²) in [6.45, 7) is -0.164. The van der Waals surface area contributed by atoms with Crippen molar-refractivity contribution in [1.82, 2.24) is 5.32 Å². The van der Waals surface area contributed by atoms with Crippen molar-refractivity contribution in [2.75, 3.05) is 12.3 Å². The van der Waals surface area contributed by atoms with E-state index in [-0.39, 0.29) is 17.0 Å². The Hall–Kier alpha value is -1.01. The van der Waals surface area contributed by atoms with Crippen LogP contribution in [-0.2, 0) is 10.8 Å². The lowest BCUT2D eigenvalue weighted by molar-refractivity contribution is -0.0498. The van der Waals surface area contributed by atoms with E-state index in [1.807, 2.05) is 6.92 Å². The molecule has 0 aromatic heterocycles. The van der Waals surface area contributed by atoms with Crippen molar-refractivity contribution in [3.63, 3.8) is 0 Å². The summed E-state index contributed by atoms with van der Waals surface area (Å²) in [7, 11) is -0.844. The molecule has 0 radical (unpaired) electrons. The first-order chi connectivity index (χ1) is 8.56. The van der Waals surface area contributed by atoms with E-state index in [4.69, 9.17) is 0 Å². The average Bonchev–Trinajstić information content (AvgIpc) is 2.33. The molecular weight excluding hydrogens is 260 g/mol. The first kappa shape index (κ1) is 13.4. The Morgan fingerprint density at radius 2 is 2.06 bits per heavy atom. The fraction of sp³-hybridized carbons (Fsp3) is 0.500. The van der Waals surface area contributed by atoms with Gasteiger partial charge in [-0.3, -0.25) is 4.21 Å². The van der Waals surface area contributed by atoms with Crippen molar-refractivity contribution in [3.05, 3.63) is 29.8 Å². The summed E-state index contributed by atoms with van der Waals surface area (Å²) in [5, 5.41) is 3.45. The lowest BCUT2D eigenvalue weighted by Crippen LogP contribution is -2.41. The van der Waals surface area contributed by atoms with Gasteiger partial charge < -0.3 is 10.1 Å². The summed E-state index contributed by atoms with van der Waals surface area (Å²) in [5.41, 5.74) is 0.942. The molecule has 1 aliphatic heterocycles. The molecule has 1 heterocycles. The van der Waals surface area contributed by atoms with E-state index in [0.717, 1.165) is 5.56 Å². The van der Waals surface area contributed by atoms with Gasteiger partial charge in [-0.05, 0) is 24.6 Å². The summed E-state index contributed by atoms with van der Waals surface area (Å²) in [6, 6.07) is 6.47. The Balaban J connectivity index is 2.03. The Morgan fingerprint density at radius 3 is 2.61 bits per heavy atom. The van der Waals surface area contributed by atoms with Gasteiger partial charge in [0.15, 0.2) is 0 Å². The predicted molar refractivity (Wildman–Crippen MR) is 66.3 cm³/mol. The SMILES string of the molecule is CC1CNC(c2ccc(OC(F)F)cc2)CS1=O. The van der Waals surface area contributed by atoms with E-state index in [1.54, 1.807) is 12.1 Å². The molecule has 100 valence electrons. The molecule has 3 unspecified atom stereocenters. The zero-order chi connectivity index (χ0) is 13.1. The zero-order valence-electron chi connectivity index (χ0n) is 9.94. The molecule has 0 amide bonds. The molecule has 3 atom stereocenters. The molecule has 6 heteroatoms. The molecule has 2 rings (SSSR count). The van der Waals surface area contributed by atoms with Crippen molar-refractivity contribution in [2.45, 2.75) is 24.8 Å². The molecule has 0 bridgehead atoms. The molecule has 1 N–H and O–H groups in total. The van der Waals surface area contributed by atoms with E-state index in [1.165, 1.54) is 12.1 Å². The first-order valence-corrected chi connectivity index (χ1v) is 7.10. The third-order valence-electron chi connectivity index (χ3n) is 2.94. The molecule has 1 aromatic carbocycles. The molecule has 18 heavy (non-hydrogen) atoms. The maximum absolute atomic E-state index is 12.0. The Bertz CT molecular complexity index is 425. The summed E-state index contributed by atoms with van der Waals surface area (Å²) in [5.74, 6) is 0.690. The number of benzene rings is 1. The third kappa shape index (κ3) is 3.26. The van der Waals surface area contributed by atoms with Crippen molar-refractivity contribution in [3.8, 4) is 5.75 Å². The van der Waals surface area contributed by atoms with Crippen LogP contribution in [0, 0.1) is 0 Å². The number of hydrogen-bond donors (Lipinski definition) is 1. The lowest BCUT2D eigenvalue weighted by atomic mass is 10.1. The molecular formula is C12H15F2NO2S. The Labute approximate surface area is 107 Å². The average molecular weight is 275 g/mol. The van der Waals surface area contributed by atoms with Gasteiger partial charge in [0.25, 0.3) is 0 Å². The van der Waals surface area contributed by atoms with Crippen LogP contribution in [0.3, 0.4) is 0 Å². The highest BCUT2D eigenvalue weighted by atomic mass is 32.2. The lowest BCUT2D eigenvalue weighted by Gasteiger charge is -2.27. The minimum Gasteiger partial charge on any atom is -0.435 e. The first-order valence-electron chi connectivity index (χ1n) is 5.71. The molecule has 1 aromatic rings. The molecule has 0 saturated carbocycles. The van der Waals surface area contributed by atoms with E-state index >= 15 is 0 Å². The van der Waals surface area contributed by atoms with Gasteiger partial charge in [0.1, 0.15) is 5.75 Å². The Kier molecular flexibility index (Phi) is 4.29. The normalized spacial score (nSPS) is 28.3. The quantitative estimate of drug-likeness (QED) is 0.917. The van der Waals surface area contributed by atoms with Gasteiger partial charge in [0, 0.05) is 34.4 Å². The molecule has 3 nitrogen and oxygen atoms in total. The van der Waals surface area contributed by atoms with Gasteiger partial charge in [0.05, 0.1) is 0 Å². The van der Waals surface area contributed by atoms with Crippen molar-refractivity contribution in [2.24, 2.45) is 0 Å². The number of ether oxygens (including phenoxy) is 1. The largest absolute Gasteiger partial charge is 0.435 e. The zero-order valence-corrected chi connectivity index (χ0v) is 10.8. The number of rotatable bonds is 3. The smallest absolute Gasteiger partial charge is 0.387 e. The highest BCUT2D eigenvalue weighted by molar-refractivity contribution is 7.85. The van der Waals surface area contributed by atoms with Gasteiger partial charge in [-0.2, -0.15) is 8.78 Å². The summed E-state index contributed by atoms with van der Waals surface area (Å²) >= 11 is 0. The molecule has 1 saturated heterocycles. The second kappa shape index (κ2) is 5.75. The number of hydrogen-bond acceptors (Lipinski definition) is 3. The fourth-order valence-electron chi connectivity index (χ4n) is 1.88. The predicted octanol–water partition coefficient (Wildman–Crippen LogP) is 2.07. The summed E-state index contributed by atoms with van der Waals surface area (Å²) < 4.78 is 40.0. The van der Waals surface area contributed by atoms with Gasteiger partial charge in [0.2, 0.25) is 0 Å². The maximum atomic E-state index is 12.0. The summed E-state index contributed by atoms with van der Waals surface area (Å²) in [4.78, 5) is 0. The fourth-order valence-corrected chi connectivity index (χ4v) is 3.13. The summed E-state index contributed by atoms with van der Waals surface area (Å²) in [6.07, 6.45) is 0. The van der Waals surface area contributed by atoms with Crippen LogP contribution in [0.4, 0.5) is 8.78 Å². The number of halogens is 2. The van der Waals surface area contributed by atoms with Gasteiger partial charge in [-0.1, -0.05) is 12.1 Å². The van der Waals surface area contributed by atoms with Crippen molar-refractivity contribution in [1.29, 1.82) is 0 Å². The van der Waals surface area contributed by atoms with Gasteiger partial charge >= 0.3 is 6.61 Å². The van der Waals surface area contributed by atoms with E-state index in [0.29, 0.717) is 12.3 Å². The molecule has 0 aliphatic carbocycles. The minimum atomic E-state index is -2.81. The van der Waals surface area contributed by atoms with Crippen molar-refractivity contribution < 1.29 is 17.7 Å². The van der Waals surface area contributed by atoms with Crippen LogP contribution in [0.1, 0.15) is 18.5 Å². The molecule has 1 fully saturated rings. The second-order valence-corrected chi connectivity index (χ2v) is 6.17. The van der Waals surface area contributed by atoms with E-state index in [2.05, 4.69) is 10.1 Å². The van der Waals surface area contributed by atoms with Crippen LogP contribution < -0.4 is 10.1 Å². The van der Waals surface area contributed by atoms with Gasteiger partial charge in [-0.15, -0.1) is 0 Å². The highest BCUT2D eigenvalue weighted by Gasteiger charge is 2.24. The van der Waals surface area contributed by atoms with Crippen LogP contribution in [0.15, 0.2) is 24.3 Å².